The highest BCUT2D eigenvalue weighted by Gasteiger charge is 2.32. The van der Waals surface area contributed by atoms with Gasteiger partial charge >= 0.3 is 0 Å². The summed E-state index contributed by atoms with van der Waals surface area (Å²) in [4.78, 5) is 25.1. The van der Waals surface area contributed by atoms with Crippen LogP contribution >= 0.6 is 27.5 Å². The smallest absolute Gasteiger partial charge is 0.254 e. The van der Waals surface area contributed by atoms with Gasteiger partial charge in [0.25, 0.3) is 5.91 Å². The predicted octanol–water partition coefficient (Wildman–Crippen LogP) is 1.43. The summed E-state index contributed by atoms with van der Waals surface area (Å²) in [5.74, 6) is -0.849. The molecule has 0 aliphatic carbocycles. The fourth-order valence-electron chi connectivity index (χ4n) is 1.88. The fraction of sp³-hybridized carbons (Fsp3) is 0.333. The van der Waals surface area contributed by atoms with Crippen molar-refractivity contribution < 1.29 is 14.3 Å². The number of nitrogens with zero attached hydrogens (tertiary/aromatic N) is 1. The molecule has 1 fully saturated rings. The van der Waals surface area contributed by atoms with Gasteiger partial charge in [0.15, 0.2) is 0 Å². The van der Waals surface area contributed by atoms with Crippen LogP contribution in [0.4, 0.5) is 0 Å². The van der Waals surface area contributed by atoms with Gasteiger partial charge in [-0.3, -0.25) is 9.59 Å². The van der Waals surface area contributed by atoms with Crippen LogP contribution in [-0.2, 0) is 9.53 Å². The number of hydrogen-bond acceptors (Lipinski definition) is 3. The molecule has 2 rings (SSSR count). The van der Waals surface area contributed by atoms with E-state index in [-0.39, 0.29) is 12.5 Å². The van der Waals surface area contributed by atoms with Crippen LogP contribution in [0.25, 0.3) is 0 Å². The molecule has 0 aromatic heterocycles. The molecule has 5 nitrogen and oxygen atoms in total. The quantitative estimate of drug-likeness (QED) is 0.879. The molecular weight excluding hydrogens is 336 g/mol. The van der Waals surface area contributed by atoms with Gasteiger partial charge in [-0.2, -0.15) is 0 Å². The third-order valence-corrected chi connectivity index (χ3v) is 4.12. The summed E-state index contributed by atoms with van der Waals surface area (Å²) >= 11 is 9.22. The van der Waals surface area contributed by atoms with Gasteiger partial charge in [-0.1, -0.05) is 11.6 Å². The molecule has 1 aromatic carbocycles. The molecule has 19 heavy (non-hydrogen) atoms. The molecule has 102 valence electrons. The van der Waals surface area contributed by atoms with Crippen molar-refractivity contribution in [3.63, 3.8) is 0 Å². The number of morpholine rings is 1. The summed E-state index contributed by atoms with van der Waals surface area (Å²) in [6.07, 6.45) is 0. The molecule has 0 radical (unpaired) electrons. The van der Waals surface area contributed by atoms with Crippen LogP contribution in [0, 0.1) is 0 Å². The highest BCUT2D eigenvalue weighted by molar-refractivity contribution is 9.10. The van der Waals surface area contributed by atoms with E-state index in [9.17, 15) is 9.59 Å². The third-order valence-electron chi connectivity index (χ3n) is 2.88. The average molecular weight is 348 g/mol. The molecule has 1 atom stereocenters. The van der Waals surface area contributed by atoms with E-state index < -0.39 is 11.9 Å². The fourth-order valence-corrected chi connectivity index (χ4v) is 2.30. The largest absolute Gasteiger partial charge is 0.377 e. The predicted molar refractivity (Wildman–Crippen MR) is 74.0 cm³/mol. The first-order valence-corrected chi connectivity index (χ1v) is 6.81. The first kappa shape index (κ1) is 14.3. The first-order valence-electron chi connectivity index (χ1n) is 5.64. The third kappa shape index (κ3) is 3.08. The van der Waals surface area contributed by atoms with Crippen molar-refractivity contribution in [3.8, 4) is 0 Å². The molecule has 1 aromatic rings. The summed E-state index contributed by atoms with van der Waals surface area (Å²) in [7, 11) is 0. The summed E-state index contributed by atoms with van der Waals surface area (Å²) < 4.78 is 5.88. The van der Waals surface area contributed by atoms with E-state index in [4.69, 9.17) is 22.1 Å². The van der Waals surface area contributed by atoms with Gasteiger partial charge in [0, 0.05) is 16.6 Å². The zero-order valence-corrected chi connectivity index (χ0v) is 12.3. The van der Waals surface area contributed by atoms with E-state index >= 15 is 0 Å². The number of halogens is 2. The van der Waals surface area contributed by atoms with Crippen molar-refractivity contribution in [2.45, 2.75) is 6.04 Å². The van der Waals surface area contributed by atoms with Crippen LogP contribution in [0.1, 0.15) is 10.4 Å². The van der Waals surface area contributed by atoms with Gasteiger partial charge in [-0.15, -0.1) is 0 Å². The molecule has 0 spiro atoms. The molecule has 1 aliphatic rings. The van der Waals surface area contributed by atoms with Crippen LogP contribution in [0.15, 0.2) is 22.7 Å². The Kier molecular flexibility index (Phi) is 4.44. The summed E-state index contributed by atoms with van der Waals surface area (Å²) in [5, 5.41) is 0.440. The Labute approximate surface area is 123 Å². The number of carbonyl (C=O) groups is 2. The molecule has 2 N–H and O–H groups in total. The Balaban J connectivity index is 2.26. The van der Waals surface area contributed by atoms with E-state index in [2.05, 4.69) is 15.9 Å². The second kappa shape index (κ2) is 5.90. The number of ether oxygens (including phenoxy) is 1. The Hall–Kier alpha value is -1.11. The van der Waals surface area contributed by atoms with E-state index in [1.54, 1.807) is 18.2 Å². The summed E-state index contributed by atoms with van der Waals surface area (Å²) in [5.41, 5.74) is 5.70. The lowest BCUT2D eigenvalue weighted by atomic mass is 10.1. The monoisotopic (exact) mass is 346 g/mol. The lowest BCUT2D eigenvalue weighted by Gasteiger charge is -2.33. The number of amides is 2. The van der Waals surface area contributed by atoms with E-state index in [1.807, 2.05) is 0 Å². The van der Waals surface area contributed by atoms with Crippen molar-refractivity contribution in [2.75, 3.05) is 19.8 Å². The molecule has 0 bridgehead atoms. The van der Waals surface area contributed by atoms with E-state index in [1.165, 1.54) is 4.90 Å². The molecule has 1 heterocycles. The molecule has 0 saturated carbocycles. The van der Waals surface area contributed by atoms with Gasteiger partial charge in [-0.05, 0) is 34.1 Å². The lowest BCUT2D eigenvalue weighted by molar-refractivity contribution is -0.127. The topological polar surface area (TPSA) is 72.6 Å². The molecule has 1 saturated heterocycles. The molecule has 1 unspecified atom stereocenters. The summed E-state index contributed by atoms with van der Waals surface area (Å²) in [6, 6.07) is 4.16. The van der Waals surface area contributed by atoms with Gasteiger partial charge in [0.05, 0.1) is 18.2 Å². The number of rotatable bonds is 2. The Bertz CT molecular complexity index is 524. The van der Waals surface area contributed by atoms with Crippen molar-refractivity contribution in [1.29, 1.82) is 0 Å². The van der Waals surface area contributed by atoms with Crippen LogP contribution in [-0.4, -0.2) is 42.5 Å². The number of benzene rings is 1. The second-order valence-corrected chi connectivity index (χ2v) is 5.38. The van der Waals surface area contributed by atoms with Gasteiger partial charge in [0.1, 0.15) is 6.04 Å². The Morgan fingerprint density at radius 3 is 2.84 bits per heavy atom. The van der Waals surface area contributed by atoms with Crippen LogP contribution in [0.2, 0.25) is 5.02 Å². The van der Waals surface area contributed by atoms with Gasteiger partial charge in [-0.25, -0.2) is 0 Å². The van der Waals surface area contributed by atoms with Crippen molar-refractivity contribution in [3.05, 3.63) is 33.3 Å². The van der Waals surface area contributed by atoms with Gasteiger partial charge in [0.2, 0.25) is 5.91 Å². The zero-order valence-electron chi connectivity index (χ0n) is 9.94. The zero-order chi connectivity index (χ0) is 14.0. The van der Waals surface area contributed by atoms with Gasteiger partial charge < -0.3 is 15.4 Å². The number of hydrogen-bond donors (Lipinski definition) is 1. The minimum absolute atomic E-state index is 0.130. The average Bonchev–Trinajstić information content (AvgIpc) is 2.41. The van der Waals surface area contributed by atoms with E-state index in [0.717, 1.165) is 0 Å². The molecule has 2 amide bonds. The molecule has 7 heteroatoms. The number of carbonyl (C=O) groups excluding carboxylic acids is 2. The first-order chi connectivity index (χ1) is 9.00. The van der Waals surface area contributed by atoms with Crippen molar-refractivity contribution in [2.24, 2.45) is 5.73 Å². The minimum Gasteiger partial charge on any atom is -0.377 e. The molecular formula is C12H12BrClN2O3. The number of nitrogens with two attached hydrogens (primary N) is 1. The maximum Gasteiger partial charge on any atom is 0.254 e. The van der Waals surface area contributed by atoms with Crippen LogP contribution < -0.4 is 5.73 Å². The maximum atomic E-state index is 12.4. The van der Waals surface area contributed by atoms with Crippen LogP contribution in [0.3, 0.4) is 0 Å². The second-order valence-electron chi connectivity index (χ2n) is 4.12. The van der Waals surface area contributed by atoms with E-state index in [0.29, 0.717) is 28.2 Å². The Morgan fingerprint density at radius 1 is 1.47 bits per heavy atom. The number of primary amides is 1. The van der Waals surface area contributed by atoms with Crippen molar-refractivity contribution in [1.82, 2.24) is 4.90 Å². The standard InChI is InChI=1S/C12H12BrClN2O3/c13-8-2-1-7(5-9(8)14)12(18)16-3-4-19-6-10(16)11(15)17/h1-2,5,10H,3-4,6H2,(H2,15,17). The highest BCUT2D eigenvalue weighted by Crippen LogP contribution is 2.24. The summed E-state index contributed by atoms with van der Waals surface area (Å²) in [6.45, 7) is 0.852. The minimum atomic E-state index is -0.733. The lowest BCUT2D eigenvalue weighted by Crippen LogP contribution is -2.54. The van der Waals surface area contributed by atoms with Crippen molar-refractivity contribution >= 4 is 39.3 Å². The van der Waals surface area contributed by atoms with Crippen LogP contribution in [0.5, 0.6) is 0 Å². The maximum absolute atomic E-state index is 12.4. The highest BCUT2D eigenvalue weighted by atomic mass is 79.9. The normalized spacial score (nSPS) is 19.3. The molecule has 1 aliphatic heterocycles. The Morgan fingerprint density at radius 2 is 2.21 bits per heavy atom. The SMILES string of the molecule is NC(=O)C1COCCN1C(=O)c1ccc(Br)c(Cl)c1.